The Morgan fingerprint density at radius 3 is 2.36 bits per heavy atom. The van der Waals surface area contributed by atoms with Crippen molar-refractivity contribution in [3.05, 3.63) is 120 Å². The van der Waals surface area contributed by atoms with E-state index in [1.165, 1.54) is 0 Å². The van der Waals surface area contributed by atoms with Gasteiger partial charge in [-0.3, -0.25) is 4.90 Å². The van der Waals surface area contributed by atoms with Crippen LogP contribution in [0.5, 0.6) is 11.5 Å². The highest BCUT2D eigenvalue weighted by molar-refractivity contribution is 6.18. The van der Waals surface area contributed by atoms with Gasteiger partial charge in [-0.2, -0.15) is 0 Å². The van der Waals surface area contributed by atoms with Crippen molar-refractivity contribution >= 4 is 29.5 Å². The number of carbonyl (C=O) groups is 2. The van der Waals surface area contributed by atoms with Crippen molar-refractivity contribution in [2.75, 3.05) is 58.7 Å². The molecule has 4 N–H and O–H groups in total. The van der Waals surface area contributed by atoms with E-state index in [9.17, 15) is 24.9 Å². The molecule has 3 aromatic rings. The molecule has 346 valence electrons. The molecule has 1 aliphatic heterocycles. The second-order valence-corrected chi connectivity index (χ2v) is 16.5. The van der Waals surface area contributed by atoms with Gasteiger partial charge in [0.1, 0.15) is 30.8 Å². The zero-order valence-corrected chi connectivity index (χ0v) is 37.1. The van der Waals surface area contributed by atoms with Gasteiger partial charge >= 0.3 is 12.2 Å². The number of unbranched alkanes of at least 4 members (excludes halogenated alkanes) is 2. The van der Waals surface area contributed by atoms with Crippen molar-refractivity contribution in [1.29, 1.82) is 0 Å². The summed E-state index contributed by atoms with van der Waals surface area (Å²) in [5.41, 5.74) is 4.07. The molecule has 0 aromatic heterocycles. The summed E-state index contributed by atoms with van der Waals surface area (Å²) in [5.74, 6) is -1.75. The first kappa shape index (κ1) is 48.5. The third-order valence-corrected chi connectivity index (χ3v) is 12.2. The molecule has 1 fully saturated rings. The maximum Gasteiger partial charge on any atom is 0.412 e. The number of carbonyl (C=O) groups excluding carboxylic acids is 2. The quantitative estimate of drug-likeness (QED) is 0.0287. The number of hydrogen-bond acceptors (Lipinski definition) is 12. The molecule has 2 aliphatic carbocycles. The molecule has 0 bridgehead atoms. The SMILES string of the molecule is C=CCOC12Oc3ccc(OC(=O)NCc4ccccc4)cc3C3C(CCCCO)C(CCCCO)C=C(C(=NOCc4ccccc4)CC1N(CCOCCO)C(=O)OCCCl)C32. The van der Waals surface area contributed by atoms with E-state index in [2.05, 4.69) is 18.0 Å². The first-order valence-electron chi connectivity index (χ1n) is 22.3. The van der Waals surface area contributed by atoms with Crippen molar-refractivity contribution in [2.45, 2.75) is 75.8 Å². The minimum absolute atomic E-state index is 0.0177. The standard InChI is InChI=1S/C49H62ClN3O11/c1-2-26-61-49-44(53(22-28-59-29-25-56)48(58)60-27-21-50)32-42(52-62-34-36-15-7-4-8-16-36)40-30-37(17-9-11-23-54)39(18-10-12-24-55)45(46(40)49)41-31-38(19-20-43(41)64-49)63-47(57)51-33-35-13-5-3-6-14-35/h2-8,13-16,19-20,30-31,37,39,44-46,54-56H,1,9-12,17-18,21-29,32-34H2,(H,51,57). The molecular weight excluding hydrogens is 842 g/mol. The average Bonchev–Trinajstić information content (AvgIpc) is 3.31. The maximum absolute atomic E-state index is 14.3. The van der Waals surface area contributed by atoms with E-state index in [4.69, 9.17) is 45.3 Å². The molecule has 6 atom stereocenters. The van der Waals surface area contributed by atoms with Crippen LogP contribution in [0.25, 0.3) is 0 Å². The molecule has 3 aliphatic rings. The fraction of sp³-hybridized carbons (Fsp3) is 0.490. The van der Waals surface area contributed by atoms with Crippen molar-refractivity contribution < 1.29 is 53.4 Å². The number of amides is 2. The molecule has 0 spiro atoms. The van der Waals surface area contributed by atoms with Crippen LogP contribution in [0.2, 0.25) is 0 Å². The van der Waals surface area contributed by atoms with Gasteiger partial charge in [0.15, 0.2) is 0 Å². The van der Waals surface area contributed by atoms with Gasteiger partial charge in [-0.05, 0) is 72.4 Å². The minimum atomic E-state index is -1.56. The normalized spacial score (nSPS) is 22.6. The second kappa shape index (κ2) is 24.9. The molecule has 14 nitrogen and oxygen atoms in total. The Morgan fingerprint density at radius 1 is 0.922 bits per heavy atom. The van der Waals surface area contributed by atoms with E-state index in [0.717, 1.165) is 41.5 Å². The van der Waals surface area contributed by atoms with Crippen LogP contribution in [0.3, 0.4) is 0 Å². The zero-order valence-electron chi connectivity index (χ0n) is 36.4. The number of benzene rings is 3. The van der Waals surface area contributed by atoms with Gasteiger partial charge in [0.25, 0.3) is 0 Å². The molecular formula is C49H62ClN3O11. The van der Waals surface area contributed by atoms with Crippen LogP contribution in [0, 0.1) is 17.8 Å². The summed E-state index contributed by atoms with van der Waals surface area (Å²) in [6.45, 7) is 4.55. The van der Waals surface area contributed by atoms with E-state index >= 15 is 0 Å². The minimum Gasteiger partial charge on any atom is -0.459 e. The number of nitrogens with one attached hydrogen (secondary N) is 1. The topological polar surface area (TPSA) is 178 Å². The Balaban J connectivity index is 1.52. The van der Waals surface area contributed by atoms with E-state index in [-0.39, 0.29) is 96.0 Å². The Bertz CT molecular complexity index is 2000. The average molecular weight is 904 g/mol. The number of halogens is 1. The van der Waals surface area contributed by atoms with Gasteiger partial charge in [-0.15, -0.1) is 18.2 Å². The van der Waals surface area contributed by atoms with E-state index in [1.807, 2.05) is 66.7 Å². The Labute approximate surface area is 380 Å². The van der Waals surface area contributed by atoms with E-state index in [0.29, 0.717) is 36.5 Å². The lowest BCUT2D eigenvalue weighted by Gasteiger charge is -2.59. The largest absolute Gasteiger partial charge is 0.459 e. The maximum atomic E-state index is 14.3. The van der Waals surface area contributed by atoms with Gasteiger partial charge in [-0.1, -0.05) is 90.8 Å². The third-order valence-electron chi connectivity index (χ3n) is 12.0. The lowest BCUT2D eigenvalue weighted by atomic mass is 9.55. The number of fused-ring (bicyclic) bond motifs is 2. The molecule has 6 unspecified atom stereocenters. The van der Waals surface area contributed by atoms with E-state index in [1.54, 1.807) is 23.1 Å². The number of alkyl halides is 1. The monoisotopic (exact) mass is 903 g/mol. The second-order valence-electron chi connectivity index (χ2n) is 16.1. The summed E-state index contributed by atoms with van der Waals surface area (Å²) in [7, 11) is 0. The van der Waals surface area contributed by atoms with Gasteiger partial charge in [0.2, 0.25) is 5.79 Å². The number of rotatable bonds is 25. The van der Waals surface area contributed by atoms with Crippen molar-refractivity contribution in [1.82, 2.24) is 10.2 Å². The smallest absolute Gasteiger partial charge is 0.412 e. The van der Waals surface area contributed by atoms with Crippen LogP contribution in [0.15, 0.2) is 108 Å². The highest BCUT2D eigenvalue weighted by Gasteiger charge is 2.65. The molecule has 3 aromatic carbocycles. The molecule has 0 saturated heterocycles. The van der Waals surface area contributed by atoms with Crippen molar-refractivity contribution in [3.8, 4) is 11.5 Å². The number of oxime groups is 1. The highest BCUT2D eigenvalue weighted by Crippen LogP contribution is 2.62. The Hall–Kier alpha value is -4.96. The Morgan fingerprint density at radius 2 is 1.66 bits per heavy atom. The zero-order chi connectivity index (χ0) is 45.2. The van der Waals surface area contributed by atoms with Crippen molar-refractivity contribution in [2.24, 2.45) is 22.9 Å². The van der Waals surface area contributed by atoms with Crippen LogP contribution in [0.1, 0.15) is 67.6 Å². The number of aliphatic hydroxyl groups is 3. The van der Waals surface area contributed by atoms with Crippen LogP contribution < -0.4 is 14.8 Å². The molecule has 2 amide bonds. The molecule has 6 rings (SSSR count). The summed E-state index contributed by atoms with van der Waals surface area (Å²) in [5, 5.41) is 37.1. The molecule has 1 saturated carbocycles. The molecule has 1 heterocycles. The first-order chi connectivity index (χ1) is 31.4. The number of hydrogen-bond donors (Lipinski definition) is 4. The van der Waals surface area contributed by atoms with Crippen LogP contribution in [0.4, 0.5) is 9.59 Å². The number of allylic oxidation sites excluding steroid dienone is 1. The number of nitrogens with zero attached hydrogens (tertiary/aromatic N) is 2. The molecule has 0 radical (unpaired) electrons. The fourth-order valence-corrected chi connectivity index (χ4v) is 9.37. The van der Waals surface area contributed by atoms with Crippen LogP contribution in [-0.4, -0.2) is 109 Å². The van der Waals surface area contributed by atoms with E-state index < -0.39 is 29.9 Å². The fourth-order valence-electron chi connectivity index (χ4n) is 9.30. The summed E-state index contributed by atoms with van der Waals surface area (Å²) in [6, 6.07) is 23.7. The summed E-state index contributed by atoms with van der Waals surface area (Å²) in [6.07, 6.45) is 6.92. The predicted molar refractivity (Wildman–Crippen MR) is 242 cm³/mol. The van der Waals surface area contributed by atoms with Crippen LogP contribution in [-0.2, 0) is 32.2 Å². The van der Waals surface area contributed by atoms with Crippen molar-refractivity contribution in [3.63, 3.8) is 0 Å². The molecule has 64 heavy (non-hydrogen) atoms. The summed E-state index contributed by atoms with van der Waals surface area (Å²) < 4.78 is 31.6. The van der Waals surface area contributed by atoms with Gasteiger partial charge in [-0.25, -0.2) is 9.59 Å². The first-order valence-corrected chi connectivity index (χ1v) is 22.8. The predicted octanol–water partition coefficient (Wildman–Crippen LogP) is 7.50. The van der Waals surface area contributed by atoms with Crippen LogP contribution >= 0.6 is 11.6 Å². The Kier molecular flexibility index (Phi) is 18.9. The van der Waals surface area contributed by atoms with Gasteiger partial charge in [0.05, 0.1) is 43.9 Å². The number of aliphatic hydroxyl groups excluding tert-OH is 3. The third kappa shape index (κ3) is 12.2. The number of ether oxygens (including phenoxy) is 5. The summed E-state index contributed by atoms with van der Waals surface area (Å²) >= 11 is 6.04. The van der Waals surface area contributed by atoms with Gasteiger partial charge in [0, 0.05) is 44.2 Å². The lowest BCUT2D eigenvalue weighted by molar-refractivity contribution is -0.256. The summed E-state index contributed by atoms with van der Waals surface area (Å²) in [4.78, 5) is 35.3. The van der Waals surface area contributed by atoms with Gasteiger partial charge < -0.3 is 49.2 Å². The lowest BCUT2D eigenvalue weighted by Crippen LogP contribution is -2.70. The highest BCUT2D eigenvalue weighted by atomic mass is 35.5. The molecule has 15 heteroatoms.